The minimum Gasteiger partial charge on any atom is -0.261 e. The lowest BCUT2D eigenvalue weighted by atomic mass is 9.97. The summed E-state index contributed by atoms with van der Waals surface area (Å²) in [6.45, 7) is 8.28. The summed E-state index contributed by atoms with van der Waals surface area (Å²) in [4.78, 5) is 4.32. The molecule has 1 heterocycles. The average Bonchev–Trinajstić information content (AvgIpc) is 2.16. The summed E-state index contributed by atoms with van der Waals surface area (Å²) in [7, 11) is 0. The maximum Gasteiger partial charge on any atom is 0.0406 e. The second-order valence-electron chi connectivity index (χ2n) is 4.13. The van der Waals surface area contributed by atoms with Gasteiger partial charge in [0.1, 0.15) is 0 Å². The van der Waals surface area contributed by atoms with Gasteiger partial charge in [0, 0.05) is 11.9 Å². The van der Waals surface area contributed by atoms with Crippen molar-refractivity contribution in [1.29, 1.82) is 0 Å². The second kappa shape index (κ2) is 5.58. The Labute approximate surface area is 86.9 Å². The fraction of sp³-hybridized carbons (Fsp3) is 0.462. The Bertz CT molecular complexity index is 277. The van der Waals surface area contributed by atoms with E-state index in [0.29, 0.717) is 5.92 Å². The molecule has 0 radical (unpaired) electrons. The van der Waals surface area contributed by atoms with Crippen LogP contribution in [0.2, 0.25) is 0 Å². The molecule has 0 saturated heterocycles. The molecule has 1 heteroatoms. The molecule has 1 nitrogen and oxygen atoms in total. The van der Waals surface area contributed by atoms with Gasteiger partial charge in [-0.3, -0.25) is 4.98 Å². The van der Waals surface area contributed by atoms with Gasteiger partial charge >= 0.3 is 0 Å². The Morgan fingerprint density at radius 2 is 2.29 bits per heavy atom. The lowest BCUT2D eigenvalue weighted by molar-refractivity contribution is 0.523. The summed E-state index contributed by atoms with van der Waals surface area (Å²) in [6, 6.07) is 6.10. The largest absolute Gasteiger partial charge is 0.261 e. The quantitative estimate of drug-likeness (QED) is 0.645. The van der Waals surface area contributed by atoms with Crippen LogP contribution in [0.25, 0.3) is 0 Å². The Kier molecular flexibility index (Phi) is 4.37. The van der Waals surface area contributed by atoms with Crippen LogP contribution in [0, 0.1) is 5.92 Å². The molecule has 0 N–H and O–H groups in total. The molecule has 0 aromatic carbocycles. The van der Waals surface area contributed by atoms with Gasteiger partial charge in [-0.2, -0.15) is 0 Å². The van der Waals surface area contributed by atoms with E-state index >= 15 is 0 Å². The molecule has 0 aliphatic heterocycles. The van der Waals surface area contributed by atoms with E-state index in [0.717, 1.165) is 12.8 Å². The topological polar surface area (TPSA) is 12.9 Å². The van der Waals surface area contributed by atoms with Gasteiger partial charge in [0.2, 0.25) is 0 Å². The van der Waals surface area contributed by atoms with Crippen LogP contribution in [0.15, 0.2) is 36.5 Å². The molecular weight excluding hydrogens is 170 g/mol. The Morgan fingerprint density at radius 1 is 1.50 bits per heavy atom. The molecule has 0 spiro atoms. The molecule has 0 aliphatic rings. The van der Waals surface area contributed by atoms with Crippen molar-refractivity contribution in [2.45, 2.75) is 33.1 Å². The van der Waals surface area contributed by atoms with E-state index in [1.165, 1.54) is 17.7 Å². The van der Waals surface area contributed by atoms with Crippen LogP contribution in [-0.2, 0) is 6.42 Å². The zero-order chi connectivity index (χ0) is 10.4. The number of pyridine rings is 1. The third kappa shape index (κ3) is 4.22. The van der Waals surface area contributed by atoms with Crippen LogP contribution in [0.4, 0.5) is 0 Å². The molecule has 76 valence electrons. The number of nitrogens with zero attached hydrogens (tertiary/aromatic N) is 1. The van der Waals surface area contributed by atoms with Crippen LogP contribution >= 0.6 is 0 Å². The molecule has 14 heavy (non-hydrogen) atoms. The molecular formula is C13H19N. The predicted molar refractivity (Wildman–Crippen MR) is 61.2 cm³/mol. The van der Waals surface area contributed by atoms with E-state index in [1.54, 1.807) is 0 Å². The minimum atomic E-state index is 0.696. The van der Waals surface area contributed by atoms with Crippen molar-refractivity contribution in [3.8, 4) is 0 Å². The van der Waals surface area contributed by atoms with Crippen molar-refractivity contribution in [3.05, 3.63) is 42.2 Å². The number of hydrogen-bond donors (Lipinski definition) is 0. The summed E-state index contributed by atoms with van der Waals surface area (Å²) < 4.78 is 0. The fourth-order valence-electron chi connectivity index (χ4n) is 1.47. The van der Waals surface area contributed by atoms with E-state index in [1.807, 2.05) is 18.3 Å². The van der Waals surface area contributed by atoms with E-state index in [9.17, 15) is 0 Å². The highest BCUT2D eigenvalue weighted by Crippen LogP contribution is 2.14. The molecule has 1 aromatic rings. The van der Waals surface area contributed by atoms with Crippen LogP contribution in [0.3, 0.4) is 0 Å². The van der Waals surface area contributed by atoms with Crippen LogP contribution in [-0.4, -0.2) is 4.98 Å². The molecule has 0 aliphatic carbocycles. The van der Waals surface area contributed by atoms with Gasteiger partial charge in [0.05, 0.1) is 0 Å². The highest BCUT2D eigenvalue weighted by Gasteiger charge is 2.03. The van der Waals surface area contributed by atoms with Crippen LogP contribution in [0.1, 0.15) is 32.4 Å². The first-order chi connectivity index (χ1) is 6.68. The van der Waals surface area contributed by atoms with Crippen molar-refractivity contribution in [1.82, 2.24) is 4.98 Å². The lowest BCUT2D eigenvalue weighted by Crippen LogP contribution is -2.01. The maximum absolute atomic E-state index is 4.32. The molecule has 0 amide bonds. The highest BCUT2D eigenvalue weighted by molar-refractivity contribution is 5.04. The summed E-state index contributed by atoms with van der Waals surface area (Å²) >= 11 is 0. The monoisotopic (exact) mass is 189 g/mol. The minimum absolute atomic E-state index is 0.696. The Morgan fingerprint density at radius 3 is 2.86 bits per heavy atom. The first kappa shape index (κ1) is 11.0. The number of rotatable bonds is 5. The Hall–Kier alpha value is -1.11. The summed E-state index contributed by atoms with van der Waals surface area (Å²) in [6.07, 6.45) is 5.29. The summed E-state index contributed by atoms with van der Waals surface area (Å²) in [5.74, 6) is 0.696. The van der Waals surface area contributed by atoms with Crippen LogP contribution < -0.4 is 0 Å². The van der Waals surface area contributed by atoms with Crippen molar-refractivity contribution in [2.75, 3.05) is 0 Å². The fourth-order valence-corrected chi connectivity index (χ4v) is 1.47. The van der Waals surface area contributed by atoms with Gasteiger partial charge in [-0.25, -0.2) is 0 Å². The summed E-state index contributed by atoms with van der Waals surface area (Å²) in [5, 5.41) is 0. The summed E-state index contributed by atoms with van der Waals surface area (Å²) in [5.41, 5.74) is 2.47. The van der Waals surface area contributed by atoms with Gasteiger partial charge < -0.3 is 0 Å². The molecule has 1 aromatic heterocycles. The first-order valence-corrected chi connectivity index (χ1v) is 5.22. The maximum atomic E-state index is 4.32. The SMILES string of the molecule is C=C(C)CCC(C)Cc1ccccn1. The standard InChI is InChI=1S/C13H19N/c1-11(2)7-8-12(3)10-13-6-4-5-9-14-13/h4-6,9,12H,1,7-8,10H2,2-3H3. The van der Waals surface area contributed by atoms with E-state index in [-0.39, 0.29) is 0 Å². The molecule has 1 atom stereocenters. The normalized spacial score (nSPS) is 12.4. The van der Waals surface area contributed by atoms with E-state index < -0.39 is 0 Å². The van der Waals surface area contributed by atoms with Gasteiger partial charge in [0.25, 0.3) is 0 Å². The first-order valence-electron chi connectivity index (χ1n) is 5.22. The van der Waals surface area contributed by atoms with Crippen molar-refractivity contribution in [3.63, 3.8) is 0 Å². The zero-order valence-corrected chi connectivity index (χ0v) is 9.16. The average molecular weight is 189 g/mol. The third-order valence-electron chi connectivity index (χ3n) is 2.35. The third-order valence-corrected chi connectivity index (χ3v) is 2.35. The van der Waals surface area contributed by atoms with Gasteiger partial charge in [0.15, 0.2) is 0 Å². The van der Waals surface area contributed by atoms with Gasteiger partial charge in [-0.1, -0.05) is 18.6 Å². The van der Waals surface area contributed by atoms with Crippen molar-refractivity contribution in [2.24, 2.45) is 5.92 Å². The van der Waals surface area contributed by atoms with Gasteiger partial charge in [-0.15, -0.1) is 6.58 Å². The number of allylic oxidation sites excluding steroid dienone is 1. The Balaban J connectivity index is 2.34. The van der Waals surface area contributed by atoms with Gasteiger partial charge in [-0.05, 0) is 44.2 Å². The van der Waals surface area contributed by atoms with E-state index in [4.69, 9.17) is 0 Å². The number of hydrogen-bond acceptors (Lipinski definition) is 1. The molecule has 1 rings (SSSR count). The smallest absolute Gasteiger partial charge is 0.0406 e. The predicted octanol–water partition coefficient (Wildman–Crippen LogP) is 3.62. The highest BCUT2D eigenvalue weighted by atomic mass is 14.7. The van der Waals surface area contributed by atoms with Crippen molar-refractivity contribution >= 4 is 0 Å². The van der Waals surface area contributed by atoms with Crippen LogP contribution in [0.5, 0.6) is 0 Å². The molecule has 1 unspecified atom stereocenters. The second-order valence-corrected chi connectivity index (χ2v) is 4.13. The molecule has 0 fully saturated rings. The lowest BCUT2D eigenvalue weighted by Gasteiger charge is -2.10. The van der Waals surface area contributed by atoms with E-state index in [2.05, 4.69) is 31.5 Å². The number of aromatic nitrogens is 1. The van der Waals surface area contributed by atoms with Crippen molar-refractivity contribution < 1.29 is 0 Å². The molecule has 0 saturated carbocycles. The zero-order valence-electron chi connectivity index (χ0n) is 9.16. The molecule has 0 bridgehead atoms.